The molecule has 1 aromatic heterocycles. The van der Waals surface area contributed by atoms with Crippen LogP contribution < -0.4 is 11.2 Å². The first-order valence-corrected chi connectivity index (χ1v) is 22.9. The summed E-state index contributed by atoms with van der Waals surface area (Å²) in [6.07, 6.45) is 4.98. The molecule has 20 nitrogen and oxygen atoms in total. The van der Waals surface area contributed by atoms with Crippen LogP contribution in [-0.2, 0) is 50.5 Å². The van der Waals surface area contributed by atoms with Gasteiger partial charge in [-0.05, 0) is 80.0 Å². The molecule has 2 heterocycles. The molecule has 1 aromatic rings. The Morgan fingerprint density at radius 2 is 1.38 bits per heavy atom. The summed E-state index contributed by atoms with van der Waals surface area (Å²) in [4.78, 5) is 63.1. The van der Waals surface area contributed by atoms with Gasteiger partial charge in [-0.25, -0.2) is 18.5 Å². The highest BCUT2D eigenvalue weighted by Gasteiger charge is 2.67. The Morgan fingerprint density at radius 1 is 0.800 bits per heavy atom. The maximum Gasteiger partial charge on any atom is 0.490 e. The average Bonchev–Trinajstić information content (AvgIpc) is 3.46. The van der Waals surface area contributed by atoms with Gasteiger partial charge in [-0.1, -0.05) is 11.8 Å². The quantitative estimate of drug-likeness (QED) is 0.0652. The van der Waals surface area contributed by atoms with E-state index in [1.807, 2.05) is 0 Å². The predicted octanol–water partition coefficient (Wildman–Crippen LogP) is 1.41. The van der Waals surface area contributed by atoms with Crippen LogP contribution in [0, 0.1) is 53.3 Å². The summed E-state index contributed by atoms with van der Waals surface area (Å²) in [5.74, 6) is 11.8. The summed E-state index contributed by atoms with van der Waals surface area (Å²) in [6, 6.07) is 0. The summed E-state index contributed by atoms with van der Waals surface area (Å²) in [5, 5.41) is 10.3. The van der Waals surface area contributed by atoms with E-state index in [4.69, 9.17) is 33.5 Å². The number of aromatic amines is 1. The van der Waals surface area contributed by atoms with E-state index in [0.29, 0.717) is 33.0 Å². The van der Waals surface area contributed by atoms with Crippen molar-refractivity contribution in [2.24, 2.45) is 41.4 Å². The number of nitrogens with one attached hydrogen (secondary N) is 1. The normalized spacial score (nSPS) is 36.5. The number of rotatable bonds is 19. The Labute approximate surface area is 315 Å². The van der Waals surface area contributed by atoms with Gasteiger partial charge in [0.1, 0.15) is 24.5 Å². The first kappa shape index (κ1) is 41.6. The van der Waals surface area contributed by atoms with E-state index in [9.17, 15) is 38.2 Å². The number of aromatic nitrogens is 2. The molecule has 8 fully saturated rings. The van der Waals surface area contributed by atoms with Crippen LogP contribution in [0.5, 0.6) is 0 Å². The molecule has 1 aliphatic heterocycles. The van der Waals surface area contributed by atoms with Crippen molar-refractivity contribution >= 4 is 23.5 Å². The fraction of sp³-hybridized carbons (Fsp3) is 0.812. The van der Waals surface area contributed by atoms with Crippen molar-refractivity contribution in [2.45, 2.75) is 69.0 Å². The summed E-state index contributed by atoms with van der Waals surface area (Å²) >= 11 is 0. The fourth-order valence-corrected chi connectivity index (χ4v) is 13.4. The van der Waals surface area contributed by atoms with Gasteiger partial charge in [0, 0.05) is 12.6 Å². The lowest BCUT2D eigenvalue weighted by Crippen LogP contribution is -2.67. The smallest absolute Gasteiger partial charge is 0.390 e. The molecule has 308 valence electrons. The molecule has 55 heavy (non-hydrogen) atoms. The molecule has 2 unspecified atom stereocenters. The topological polar surface area (TPSA) is 281 Å². The Kier molecular flexibility index (Phi) is 12.5. The summed E-state index contributed by atoms with van der Waals surface area (Å²) in [6.45, 7) is 1.52. The first-order chi connectivity index (χ1) is 26.0. The van der Waals surface area contributed by atoms with E-state index in [1.54, 1.807) is 0 Å². The number of hydrogen-bond donors (Lipinski definition) is 6. The lowest BCUT2D eigenvalue weighted by molar-refractivity contribution is -0.270. The SMILES string of the molecule is O=c1[nH]c(=O)n([C@H]2C[C@H](O)[C@@H](COP(=O)(O)OP(=O)(O)OP(=O)(O)O)O2)cc1C#CCOCCOCCOCCOC12CC3C4CC5CC3C(C1)C(C5)C4C2. The largest absolute Gasteiger partial charge is 0.490 e. The highest BCUT2D eigenvalue weighted by atomic mass is 31.3. The Balaban J connectivity index is 0.766. The number of phosphoric ester groups is 1. The number of hydrogen-bond acceptors (Lipinski definition) is 14. The second-order valence-electron chi connectivity index (χ2n) is 15.3. The molecule has 5 atom stereocenters. The number of ether oxygens (including phenoxy) is 5. The molecule has 7 aliphatic carbocycles. The van der Waals surface area contributed by atoms with Crippen LogP contribution in [0.25, 0.3) is 0 Å². The highest BCUT2D eigenvalue weighted by Crippen LogP contribution is 2.72. The summed E-state index contributed by atoms with van der Waals surface area (Å²) in [7, 11) is -16.8. The van der Waals surface area contributed by atoms with Crippen molar-refractivity contribution < 1.29 is 75.2 Å². The van der Waals surface area contributed by atoms with Gasteiger partial charge in [0.05, 0.1) is 58.0 Å². The molecule has 0 amide bonds. The highest BCUT2D eigenvalue weighted by molar-refractivity contribution is 7.66. The number of aliphatic hydroxyl groups excluding tert-OH is 1. The average molecular weight is 841 g/mol. The van der Waals surface area contributed by atoms with Gasteiger partial charge in [-0.3, -0.25) is 18.9 Å². The second kappa shape index (κ2) is 16.6. The van der Waals surface area contributed by atoms with E-state index >= 15 is 0 Å². The van der Waals surface area contributed by atoms with Crippen LogP contribution in [0.4, 0.5) is 0 Å². The maximum absolute atomic E-state index is 12.5. The van der Waals surface area contributed by atoms with Gasteiger partial charge >= 0.3 is 29.2 Å². The fourth-order valence-electron chi connectivity index (χ4n) is 10.3. The van der Waals surface area contributed by atoms with E-state index in [0.717, 1.165) is 52.2 Å². The van der Waals surface area contributed by atoms with Gasteiger partial charge < -0.3 is 48.4 Å². The third-order valence-electron chi connectivity index (χ3n) is 12.0. The zero-order valence-electron chi connectivity index (χ0n) is 29.8. The Bertz CT molecular complexity index is 1830. The third-order valence-corrected chi connectivity index (χ3v) is 15.8. The predicted molar refractivity (Wildman–Crippen MR) is 186 cm³/mol. The van der Waals surface area contributed by atoms with Crippen LogP contribution in [0.1, 0.15) is 56.7 Å². The second-order valence-corrected chi connectivity index (χ2v) is 19.7. The lowest BCUT2D eigenvalue weighted by Gasteiger charge is -2.72. The molecule has 7 saturated carbocycles. The molecule has 23 heteroatoms. The molecule has 0 aromatic carbocycles. The van der Waals surface area contributed by atoms with Crippen molar-refractivity contribution in [1.29, 1.82) is 0 Å². The molecule has 8 bridgehead atoms. The molecule has 9 rings (SSSR count). The first-order valence-electron chi connectivity index (χ1n) is 18.3. The lowest BCUT2D eigenvalue weighted by atomic mass is 9.35. The van der Waals surface area contributed by atoms with Gasteiger partial charge in [0.25, 0.3) is 5.56 Å². The van der Waals surface area contributed by atoms with Crippen molar-refractivity contribution in [3.05, 3.63) is 32.6 Å². The molecule has 6 N–H and O–H groups in total. The summed E-state index contributed by atoms with van der Waals surface area (Å²) in [5.41, 5.74) is -1.76. The van der Waals surface area contributed by atoms with Crippen LogP contribution in [-0.4, -0.2) is 105 Å². The molecular weight excluding hydrogens is 793 g/mol. The van der Waals surface area contributed by atoms with Crippen molar-refractivity contribution in [2.75, 3.05) is 52.9 Å². The van der Waals surface area contributed by atoms with Crippen LogP contribution in [0.2, 0.25) is 0 Å². The van der Waals surface area contributed by atoms with Gasteiger partial charge in [0.2, 0.25) is 0 Å². The minimum Gasteiger partial charge on any atom is -0.390 e. The van der Waals surface area contributed by atoms with Crippen molar-refractivity contribution in [1.82, 2.24) is 9.55 Å². The van der Waals surface area contributed by atoms with Gasteiger partial charge in [-0.15, -0.1) is 0 Å². The zero-order valence-corrected chi connectivity index (χ0v) is 32.5. The van der Waals surface area contributed by atoms with E-state index in [-0.39, 0.29) is 30.8 Å². The van der Waals surface area contributed by atoms with Gasteiger partial charge in [-0.2, -0.15) is 8.62 Å². The summed E-state index contributed by atoms with van der Waals surface area (Å²) < 4.78 is 75.8. The Hall–Kier alpha value is -1.59. The number of H-pyrrole nitrogens is 1. The minimum atomic E-state index is -5.74. The number of phosphoric acid groups is 3. The van der Waals surface area contributed by atoms with Crippen molar-refractivity contribution in [3.63, 3.8) is 0 Å². The monoisotopic (exact) mass is 840 g/mol. The number of aliphatic hydroxyl groups is 1. The van der Waals surface area contributed by atoms with Crippen molar-refractivity contribution in [3.8, 4) is 11.8 Å². The zero-order chi connectivity index (χ0) is 39.2. The van der Waals surface area contributed by atoms with E-state index < -0.39 is 59.8 Å². The Morgan fingerprint density at radius 3 is 1.98 bits per heavy atom. The molecule has 8 aliphatic rings. The molecular formula is C32H47N2O18P3. The maximum atomic E-state index is 12.5. The van der Waals surface area contributed by atoms with Crippen LogP contribution >= 0.6 is 23.5 Å². The standard InChI is InChI=1S/C32H47N2O18P3/c35-27-13-29(50-28(27)18-49-54(41,42)52-55(43,44)51-53(38,39)40)34-17-20(30(36)33-31(34)37)2-1-3-45-4-5-46-6-7-47-8-9-48-32-14-24-21-10-19-11-22(24)26(16-32)23(12-19)25(21)15-32/h17,19,21-29,35H,3-16,18H2,(H,41,42)(H,43,44)(H,33,36,37)(H2,38,39,40)/t19?,21?,22?,23?,24?,25?,26?,27-,28+,29+,32?/m0/s1. The van der Waals surface area contributed by atoms with Crippen LogP contribution in [0.15, 0.2) is 15.8 Å². The number of nitrogens with zero attached hydrogens (tertiary/aromatic N) is 1. The molecule has 1 saturated heterocycles. The van der Waals surface area contributed by atoms with E-state index in [1.165, 1.54) is 38.5 Å². The minimum absolute atomic E-state index is 0.0514. The van der Waals surface area contributed by atoms with E-state index in [2.05, 4.69) is 30.0 Å². The van der Waals surface area contributed by atoms with Crippen LogP contribution in [0.3, 0.4) is 0 Å². The molecule has 0 radical (unpaired) electrons. The molecule has 0 spiro atoms. The van der Waals surface area contributed by atoms with Gasteiger partial charge in [0.15, 0.2) is 0 Å². The third kappa shape index (κ3) is 9.83.